The van der Waals surface area contributed by atoms with Gasteiger partial charge in [-0.2, -0.15) is 0 Å². The Hall–Kier alpha value is -1.26. The van der Waals surface area contributed by atoms with Crippen molar-refractivity contribution < 1.29 is 9.84 Å². The summed E-state index contributed by atoms with van der Waals surface area (Å²) < 4.78 is 5.04. The number of aliphatic hydroxyl groups is 1. The molecule has 0 atom stereocenters. The van der Waals surface area contributed by atoms with Crippen molar-refractivity contribution in [3.63, 3.8) is 0 Å². The second kappa shape index (κ2) is 6.35. The van der Waals surface area contributed by atoms with E-state index >= 15 is 0 Å². The number of benzene rings is 1. The summed E-state index contributed by atoms with van der Waals surface area (Å²) in [5.74, 6) is 0. The van der Waals surface area contributed by atoms with Crippen molar-refractivity contribution in [2.24, 2.45) is 0 Å². The van der Waals surface area contributed by atoms with Crippen molar-refractivity contribution in [2.45, 2.75) is 6.92 Å². The van der Waals surface area contributed by atoms with Gasteiger partial charge < -0.3 is 20.5 Å². The van der Waals surface area contributed by atoms with E-state index in [-0.39, 0.29) is 6.61 Å². The number of nitrogens with two attached hydrogens (primary N) is 1. The van der Waals surface area contributed by atoms with Gasteiger partial charge in [0.25, 0.3) is 0 Å². The summed E-state index contributed by atoms with van der Waals surface area (Å²) in [6.07, 6.45) is 0. The fraction of sp³-hybridized carbons (Fsp3) is 0.500. The highest BCUT2D eigenvalue weighted by molar-refractivity contribution is 5.68. The fourth-order valence-corrected chi connectivity index (χ4v) is 1.64. The molecule has 0 amide bonds. The Morgan fingerprint density at radius 2 is 2.12 bits per heavy atom. The van der Waals surface area contributed by atoms with E-state index < -0.39 is 0 Å². The second-order valence-corrected chi connectivity index (χ2v) is 3.77. The van der Waals surface area contributed by atoms with E-state index in [2.05, 4.69) is 0 Å². The summed E-state index contributed by atoms with van der Waals surface area (Å²) in [6, 6.07) is 5.94. The van der Waals surface area contributed by atoms with Gasteiger partial charge in [-0.1, -0.05) is 6.07 Å². The van der Waals surface area contributed by atoms with E-state index in [1.807, 2.05) is 30.0 Å². The van der Waals surface area contributed by atoms with Crippen molar-refractivity contribution >= 4 is 11.4 Å². The van der Waals surface area contributed by atoms with Crippen molar-refractivity contribution in [2.75, 3.05) is 44.0 Å². The van der Waals surface area contributed by atoms with Gasteiger partial charge in [-0.15, -0.1) is 0 Å². The van der Waals surface area contributed by atoms with Gasteiger partial charge in [0, 0.05) is 20.2 Å². The molecule has 0 fully saturated rings. The van der Waals surface area contributed by atoms with Crippen LogP contribution in [0.4, 0.5) is 11.4 Å². The molecule has 0 saturated heterocycles. The zero-order valence-electron chi connectivity index (χ0n) is 9.94. The monoisotopic (exact) mass is 224 g/mol. The van der Waals surface area contributed by atoms with Gasteiger partial charge in [-0.05, 0) is 24.6 Å². The summed E-state index contributed by atoms with van der Waals surface area (Å²) in [7, 11) is 1.66. The minimum absolute atomic E-state index is 0.108. The lowest BCUT2D eigenvalue weighted by Gasteiger charge is -2.25. The van der Waals surface area contributed by atoms with E-state index in [0.29, 0.717) is 13.2 Å². The normalized spacial score (nSPS) is 10.4. The maximum absolute atomic E-state index is 9.02. The Labute approximate surface area is 96.6 Å². The topological polar surface area (TPSA) is 58.7 Å². The lowest BCUT2D eigenvalue weighted by Crippen LogP contribution is -2.30. The number of nitrogens with zero attached hydrogens (tertiary/aromatic N) is 1. The van der Waals surface area contributed by atoms with E-state index in [0.717, 1.165) is 23.5 Å². The maximum Gasteiger partial charge on any atom is 0.0637 e. The summed E-state index contributed by atoms with van der Waals surface area (Å²) in [6.45, 7) is 4.02. The zero-order chi connectivity index (χ0) is 12.0. The average Bonchev–Trinajstić information content (AvgIpc) is 2.25. The first-order valence-electron chi connectivity index (χ1n) is 5.40. The zero-order valence-corrected chi connectivity index (χ0v) is 9.94. The Morgan fingerprint density at radius 1 is 1.38 bits per heavy atom. The van der Waals surface area contributed by atoms with Crippen LogP contribution in [0, 0.1) is 6.92 Å². The Kier molecular flexibility index (Phi) is 5.08. The summed E-state index contributed by atoms with van der Waals surface area (Å²) in [5, 5.41) is 9.02. The minimum atomic E-state index is 0.108. The lowest BCUT2D eigenvalue weighted by molar-refractivity contribution is 0.203. The number of hydrogen-bond donors (Lipinski definition) is 2. The van der Waals surface area contributed by atoms with Gasteiger partial charge in [0.15, 0.2) is 0 Å². The number of anilines is 2. The molecule has 1 aromatic carbocycles. The van der Waals surface area contributed by atoms with E-state index in [4.69, 9.17) is 15.6 Å². The molecule has 0 aliphatic heterocycles. The molecule has 0 bridgehead atoms. The van der Waals surface area contributed by atoms with Crippen LogP contribution in [0.2, 0.25) is 0 Å². The van der Waals surface area contributed by atoms with Gasteiger partial charge in [-0.3, -0.25) is 0 Å². The molecule has 1 rings (SSSR count). The molecule has 0 unspecified atom stereocenters. The summed E-state index contributed by atoms with van der Waals surface area (Å²) in [4.78, 5) is 2.03. The number of aryl methyl sites for hydroxylation is 1. The molecule has 0 aromatic heterocycles. The van der Waals surface area contributed by atoms with Crippen molar-refractivity contribution in [3.8, 4) is 0 Å². The first kappa shape index (κ1) is 12.8. The smallest absolute Gasteiger partial charge is 0.0637 e. The second-order valence-electron chi connectivity index (χ2n) is 3.77. The SMILES string of the molecule is COCCN(CCO)c1ccc(C)cc1N. The molecule has 0 saturated carbocycles. The van der Waals surface area contributed by atoms with Crippen molar-refractivity contribution in [1.29, 1.82) is 0 Å². The predicted octanol–water partition coefficient (Wildman–Crippen LogP) is 1.02. The van der Waals surface area contributed by atoms with Crippen LogP contribution in [-0.4, -0.2) is 38.5 Å². The van der Waals surface area contributed by atoms with Crippen LogP contribution in [0.5, 0.6) is 0 Å². The van der Waals surface area contributed by atoms with E-state index in [1.165, 1.54) is 0 Å². The molecule has 4 heteroatoms. The molecule has 0 aliphatic rings. The molecule has 16 heavy (non-hydrogen) atoms. The van der Waals surface area contributed by atoms with Crippen LogP contribution in [0.25, 0.3) is 0 Å². The maximum atomic E-state index is 9.02. The quantitative estimate of drug-likeness (QED) is 0.708. The highest BCUT2D eigenvalue weighted by Gasteiger charge is 2.08. The molecule has 1 aromatic rings. The standard InChI is InChI=1S/C12H20N2O2/c1-10-3-4-12(11(13)9-10)14(5-7-15)6-8-16-2/h3-4,9,15H,5-8,13H2,1-2H3. The lowest BCUT2D eigenvalue weighted by atomic mass is 10.2. The number of ether oxygens (including phenoxy) is 1. The Bertz CT molecular complexity index is 329. The largest absolute Gasteiger partial charge is 0.397 e. The summed E-state index contributed by atoms with van der Waals surface area (Å²) in [5.41, 5.74) is 8.79. The average molecular weight is 224 g/mol. The van der Waals surface area contributed by atoms with Crippen LogP contribution in [0.3, 0.4) is 0 Å². The molecular formula is C12H20N2O2. The van der Waals surface area contributed by atoms with Gasteiger partial charge >= 0.3 is 0 Å². The molecule has 4 nitrogen and oxygen atoms in total. The van der Waals surface area contributed by atoms with Crippen molar-refractivity contribution in [3.05, 3.63) is 23.8 Å². The number of aliphatic hydroxyl groups excluding tert-OH is 1. The number of hydrogen-bond acceptors (Lipinski definition) is 4. The van der Waals surface area contributed by atoms with Crippen LogP contribution in [0.15, 0.2) is 18.2 Å². The predicted molar refractivity (Wildman–Crippen MR) is 66.8 cm³/mol. The van der Waals surface area contributed by atoms with Gasteiger partial charge in [0.05, 0.1) is 24.6 Å². The third-order valence-corrected chi connectivity index (χ3v) is 2.46. The third-order valence-electron chi connectivity index (χ3n) is 2.46. The van der Waals surface area contributed by atoms with Crippen LogP contribution >= 0.6 is 0 Å². The van der Waals surface area contributed by atoms with E-state index in [1.54, 1.807) is 7.11 Å². The molecule has 3 N–H and O–H groups in total. The third kappa shape index (κ3) is 3.40. The molecule has 90 valence electrons. The Balaban J connectivity index is 2.82. The molecule has 0 aliphatic carbocycles. The van der Waals surface area contributed by atoms with Crippen LogP contribution in [0.1, 0.15) is 5.56 Å². The molecular weight excluding hydrogens is 204 g/mol. The van der Waals surface area contributed by atoms with Crippen molar-refractivity contribution in [1.82, 2.24) is 0 Å². The molecule has 0 radical (unpaired) electrons. The highest BCUT2D eigenvalue weighted by atomic mass is 16.5. The molecule has 0 heterocycles. The van der Waals surface area contributed by atoms with E-state index in [9.17, 15) is 0 Å². The van der Waals surface area contributed by atoms with Gasteiger partial charge in [0.1, 0.15) is 0 Å². The first-order chi connectivity index (χ1) is 7.69. The Morgan fingerprint density at radius 3 is 2.69 bits per heavy atom. The number of methoxy groups -OCH3 is 1. The first-order valence-corrected chi connectivity index (χ1v) is 5.40. The number of nitrogen functional groups attached to an aromatic ring is 1. The van der Waals surface area contributed by atoms with Gasteiger partial charge in [-0.25, -0.2) is 0 Å². The van der Waals surface area contributed by atoms with Gasteiger partial charge in [0.2, 0.25) is 0 Å². The fourth-order valence-electron chi connectivity index (χ4n) is 1.64. The highest BCUT2D eigenvalue weighted by Crippen LogP contribution is 2.23. The van der Waals surface area contributed by atoms with Crippen LogP contribution in [-0.2, 0) is 4.74 Å². The minimum Gasteiger partial charge on any atom is -0.397 e. The summed E-state index contributed by atoms with van der Waals surface area (Å²) >= 11 is 0. The molecule has 0 spiro atoms. The number of rotatable bonds is 6. The van der Waals surface area contributed by atoms with Crippen LogP contribution < -0.4 is 10.6 Å².